The molecular weight excluding hydrogens is 244 g/mol. The third-order valence-electron chi connectivity index (χ3n) is 15.0. The van der Waals surface area contributed by atoms with Gasteiger partial charge in [-0.25, -0.2) is 0 Å². The van der Waals surface area contributed by atoms with Crippen LogP contribution in [0.25, 0.3) is 0 Å². The Kier molecular flexibility index (Phi) is 0.169. The third kappa shape index (κ3) is 0.0497. The average molecular weight is 256 g/mol. The fraction of sp³-hybridized carbons (Fsp3) is 0.909. The number of hydrogen-bond acceptors (Lipinski definition) is 1. The van der Waals surface area contributed by atoms with Crippen LogP contribution < -0.4 is 0 Å². The van der Waals surface area contributed by atoms with Gasteiger partial charge in [-0.05, 0) is 0 Å². The number of fused-ring (bicyclic) bond motifs is 10. The molecular formula is C11H12FeMgO2. The van der Waals surface area contributed by atoms with Crippen molar-refractivity contribution >= 4 is 29.0 Å². The molecule has 78 valence electrons. The molecule has 10 saturated heterocycles. The van der Waals surface area contributed by atoms with Gasteiger partial charge < -0.3 is 0 Å². The van der Waals surface area contributed by atoms with Gasteiger partial charge in [-0.15, -0.1) is 0 Å². The third-order valence-corrected chi connectivity index (χ3v) is 57.3. The summed E-state index contributed by atoms with van der Waals surface area (Å²) in [4.78, 5) is 21.8. The SMILES string of the molecule is O=C(O)[C]12[CH]3[CH]4[CH]5[CH]1[Fe]45321678[CH]2[CH]1[CH]6[CH]7[CH]28.[MgH2]. The van der Waals surface area contributed by atoms with Crippen LogP contribution in [0.4, 0.5) is 0 Å². The fourth-order valence-electron chi connectivity index (χ4n) is 16.8. The Morgan fingerprint density at radius 1 is 0.933 bits per heavy atom. The van der Waals surface area contributed by atoms with E-state index in [9.17, 15) is 9.90 Å². The van der Waals surface area contributed by atoms with E-state index in [2.05, 4.69) is 0 Å². The summed E-state index contributed by atoms with van der Waals surface area (Å²) in [6.07, 6.45) is 0. The van der Waals surface area contributed by atoms with Crippen molar-refractivity contribution in [1.29, 1.82) is 0 Å². The van der Waals surface area contributed by atoms with E-state index >= 15 is 0 Å². The van der Waals surface area contributed by atoms with Gasteiger partial charge in [0.05, 0.1) is 0 Å². The van der Waals surface area contributed by atoms with E-state index in [0.717, 1.165) is 9.63 Å². The van der Waals surface area contributed by atoms with Gasteiger partial charge in [-0.3, -0.25) is 0 Å². The van der Waals surface area contributed by atoms with Crippen LogP contribution >= 0.6 is 0 Å². The zero-order valence-electron chi connectivity index (χ0n) is 7.41. The molecule has 4 unspecified atom stereocenters. The van der Waals surface area contributed by atoms with Gasteiger partial charge >= 0.3 is 93.1 Å². The minimum atomic E-state index is -3.19. The molecule has 10 fully saturated rings. The van der Waals surface area contributed by atoms with Crippen LogP contribution in [0.1, 0.15) is 0 Å². The maximum atomic E-state index is 11.8. The van der Waals surface area contributed by atoms with Crippen molar-refractivity contribution in [3.63, 3.8) is 0 Å². The molecule has 0 aromatic rings. The zero-order chi connectivity index (χ0) is 8.59. The summed E-state index contributed by atoms with van der Waals surface area (Å²) in [5, 5.41) is 9.75. The summed E-state index contributed by atoms with van der Waals surface area (Å²) < 4.78 is 0.110. The molecule has 0 bridgehead atoms. The van der Waals surface area contributed by atoms with Gasteiger partial charge in [-0.2, -0.15) is 0 Å². The summed E-state index contributed by atoms with van der Waals surface area (Å²) in [7, 11) is 0. The van der Waals surface area contributed by atoms with Gasteiger partial charge in [-0.1, -0.05) is 0 Å². The van der Waals surface area contributed by atoms with Crippen LogP contribution in [0, 0.1) is 0 Å². The van der Waals surface area contributed by atoms with E-state index in [1.807, 2.05) is 0 Å². The van der Waals surface area contributed by atoms with Crippen molar-refractivity contribution in [2.45, 2.75) is 47.7 Å². The number of carboxylic acid groups (broad SMARTS) is 1. The first kappa shape index (κ1) is 6.08. The van der Waals surface area contributed by atoms with E-state index < -0.39 is 6.51 Å². The van der Waals surface area contributed by atoms with Gasteiger partial charge in [0.2, 0.25) is 0 Å². The fourth-order valence-corrected chi connectivity index (χ4v) is 90.3. The van der Waals surface area contributed by atoms with Crippen molar-refractivity contribution in [3.05, 3.63) is 0 Å². The van der Waals surface area contributed by atoms with Crippen molar-refractivity contribution < 1.29 is 16.4 Å². The molecule has 4 atom stereocenters. The summed E-state index contributed by atoms with van der Waals surface area (Å²) >= 11 is 0. The summed E-state index contributed by atoms with van der Waals surface area (Å²) in [6, 6.07) is 0. The van der Waals surface area contributed by atoms with Crippen molar-refractivity contribution in [2.75, 3.05) is 0 Å². The van der Waals surface area contributed by atoms with Crippen LogP contribution in [-0.2, 0) is 11.3 Å². The predicted octanol–water partition coefficient (Wildman–Crippen LogP) is 1.91. The first-order chi connectivity index (χ1) is 6.49. The summed E-state index contributed by atoms with van der Waals surface area (Å²) in [5.74, 6) is -0.274. The van der Waals surface area contributed by atoms with Crippen molar-refractivity contribution in [2.24, 2.45) is 0 Å². The zero-order valence-corrected chi connectivity index (χ0v) is 8.51. The molecule has 10 aliphatic rings. The second kappa shape index (κ2) is 0.418. The molecule has 1 spiro atoms. The number of hydrogen-bond donors (Lipinski definition) is 1. The largest absolute Gasteiger partial charge is 0.316 e. The van der Waals surface area contributed by atoms with Crippen LogP contribution in [-0.4, -0.2) is 34.1 Å². The Balaban J connectivity index is 0.000000529. The van der Waals surface area contributed by atoms with Crippen molar-refractivity contribution in [1.82, 2.24) is 0 Å². The molecule has 1 N–H and O–H groups in total. The van der Waals surface area contributed by atoms with Gasteiger partial charge in [0.1, 0.15) is 0 Å². The standard InChI is InChI=1S/C6H5O2.C5H5.Fe.Mg.2H/c7-6(8)5-3-1-2-4-5;1-2-4-5-3-1;;;;/h1-4H,(H,7,8);1-5H;;;;. The van der Waals surface area contributed by atoms with Gasteiger partial charge in [0.25, 0.3) is 0 Å². The summed E-state index contributed by atoms with van der Waals surface area (Å²) in [6.45, 7) is -3.19. The normalized spacial score (nSPS) is 132. The van der Waals surface area contributed by atoms with Gasteiger partial charge in [0, 0.05) is 0 Å². The van der Waals surface area contributed by atoms with E-state index in [1.165, 1.54) is 33.7 Å². The number of carboxylic acids is 1. The Labute approximate surface area is 92.6 Å². The van der Waals surface area contributed by atoms with E-state index in [1.54, 1.807) is 0 Å². The first-order valence-corrected chi connectivity index (χ1v) is 12.2. The quantitative estimate of drug-likeness (QED) is 0.728. The minimum absolute atomic E-state index is 0. The smallest absolute Gasteiger partial charge is 0.316 e. The van der Waals surface area contributed by atoms with Crippen molar-refractivity contribution in [3.8, 4) is 0 Å². The molecule has 0 radical (unpaired) electrons. The van der Waals surface area contributed by atoms with Crippen LogP contribution in [0.3, 0.4) is 0 Å². The molecule has 4 heteroatoms. The molecule has 0 aromatic carbocycles. The number of carbonyl (C=O) groups is 1. The van der Waals surface area contributed by atoms with E-state index in [0.29, 0.717) is 0 Å². The Morgan fingerprint density at radius 2 is 1.33 bits per heavy atom. The molecule has 10 aliphatic heterocycles. The number of rotatable bonds is 1. The topological polar surface area (TPSA) is 37.3 Å². The molecule has 0 aromatic heterocycles. The Hall–Kier alpha value is 0.756. The monoisotopic (exact) mass is 256 g/mol. The van der Waals surface area contributed by atoms with E-state index in [4.69, 9.17) is 0 Å². The molecule has 2 nitrogen and oxygen atoms in total. The Bertz CT molecular complexity index is 853. The Morgan fingerprint density at radius 3 is 1.40 bits per heavy atom. The van der Waals surface area contributed by atoms with Crippen LogP contribution in [0.5, 0.6) is 0 Å². The molecule has 10 rings (SSSR count). The minimum Gasteiger partial charge on any atom is 0.316 e. The van der Waals surface area contributed by atoms with Gasteiger partial charge in [0.15, 0.2) is 0 Å². The molecule has 0 aliphatic carbocycles. The number of aliphatic carboxylic acids is 1. The maximum absolute atomic E-state index is 11.8. The molecule has 0 amide bonds. The molecule has 0 saturated carbocycles. The van der Waals surface area contributed by atoms with Crippen LogP contribution in [0.15, 0.2) is 0 Å². The predicted molar refractivity (Wildman–Crippen MR) is 52.6 cm³/mol. The first-order valence-electron chi connectivity index (χ1n) is 5.94. The average Bonchev–Trinajstić information content (AvgIpc) is 3.13. The molecule has 10 heterocycles. The van der Waals surface area contributed by atoms with Crippen LogP contribution in [0.2, 0.25) is 47.7 Å². The maximum Gasteiger partial charge on any atom is 0.316 e. The second-order valence-corrected chi connectivity index (χ2v) is 33.5. The second-order valence-electron chi connectivity index (χ2n) is 9.98. The molecule has 15 heavy (non-hydrogen) atoms. The van der Waals surface area contributed by atoms with E-state index in [-0.39, 0.29) is 33.3 Å². The summed E-state index contributed by atoms with van der Waals surface area (Å²) in [5.41, 5.74) is 0.